The quantitative estimate of drug-likeness (QED) is 0.932. The highest BCUT2D eigenvalue weighted by molar-refractivity contribution is 5.81. The normalized spacial score (nSPS) is 19.3. The summed E-state index contributed by atoms with van der Waals surface area (Å²) in [4.78, 5) is 4.47. The molecular weight excluding hydrogens is 252 g/mol. The van der Waals surface area contributed by atoms with Crippen LogP contribution >= 0.6 is 0 Å². The van der Waals surface area contributed by atoms with Gasteiger partial charge in [0.25, 0.3) is 0 Å². The Morgan fingerprint density at radius 3 is 2.75 bits per heavy atom. The molecule has 20 heavy (non-hydrogen) atoms. The summed E-state index contributed by atoms with van der Waals surface area (Å²) in [6.07, 6.45) is 1.83. The number of ether oxygens (including phenoxy) is 2. The number of fused-ring (bicyclic) bond motifs is 1. The average molecular weight is 272 g/mol. The fourth-order valence-corrected chi connectivity index (χ4v) is 2.37. The Morgan fingerprint density at radius 2 is 1.95 bits per heavy atom. The van der Waals surface area contributed by atoms with Crippen LogP contribution in [0, 0.1) is 0 Å². The Morgan fingerprint density at radius 1 is 1.20 bits per heavy atom. The zero-order valence-corrected chi connectivity index (χ0v) is 11.9. The first kappa shape index (κ1) is 13.5. The Kier molecular flexibility index (Phi) is 3.70. The molecule has 4 nitrogen and oxygen atoms in total. The minimum Gasteiger partial charge on any atom is -0.349 e. The minimum atomic E-state index is -0.459. The van der Waals surface area contributed by atoms with E-state index in [4.69, 9.17) is 9.47 Å². The van der Waals surface area contributed by atoms with Gasteiger partial charge in [-0.25, -0.2) is 0 Å². The summed E-state index contributed by atoms with van der Waals surface area (Å²) in [6.45, 7) is 6.00. The number of hydrogen-bond acceptors (Lipinski definition) is 4. The predicted octanol–water partition coefficient (Wildman–Crippen LogP) is 2.48. The second-order valence-corrected chi connectivity index (χ2v) is 5.59. The lowest BCUT2D eigenvalue weighted by Gasteiger charge is -2.35. The number of rotatable bonds is 3. The standard InChI is InChI=1S/C16H20N2O2/c1-16(2)19-10-14(11-20-16)18-9-13-6-3-5-12-7-4-8-17-15(12)13/h3-8,14,18H,9-11H2,1-2H3. The molecule has 4 heteroatoms. The van der Waals surface area contributed by atoms with Crippen molar-refractivity contribution in [3.63, 3.8) is 0 Å². The summed E-state index contributed by atoms with van der Waals surface area (Å²) in [6, 6.07) is 10.5. The van der Waals surface area contributed by atoms with Gasteiger partial charge in [0.1, 0.15) is 0 Å². The van der Waals surface area contributed by atoms with Gasteiger partial charge in [0.05, 0.1) is 24.8 Å². The lowest BCUT2D eigenvalue weighted by molar-refractivity contribution is -0.253. The monoisotopic (exact) mass is 272 g/mol. The first-order chi connectivity index (χ1) is 9.64. The topological polar surface area (TPSA) is 43.4 Å². The summed E-state index contributed by atoms with van der Waals surface area (Å²) in [5.41, 5.74) is 2.26. The molecule has 2 heterocycles. The van der Waals surface area contributed by atoms with Crippen LogP contribution in [0.15, 0.2) is 36.5 Å². The van der Waals surface area contributed by atoms with Crippen LogP contribution in [0.2, 0.25) is 0 Å². The molecule has 0 amide bonds. The number of hydrogen-bond donors (Lipinski definition) is 1. The van der Waals surface area contributed by atoms with Crippen molar-refractivity contribution in [2.75, 3.05) is 13.2 Å². The van der Waals surface area contributed by atoms with Gasteiger partial charge in [-0.05, 0) is 25.5 Å². The lowest BCUT2D eigenvalue weighted by atomic mass is 10.1. The van der Waals surface area contributed by atoms with Gasteiger partial charge in [0, 0.05) is 18.1 Å². The van der Waals surface area contributed by atoms with Gasteiger partial charge in [-0.2, -0.15) is 0 Å². The molecular formula is C16H20N2O2. The third kappa shape index (κ3) is 2.98. The Bertz CT molecular complexity index is 583. The third-order valence-electron chi connectivity index (χ3n) is 3.56. The number of aromatic nitrogens is 1. The molecule has 0 bridgehead atoms. The molecule has 1 saturated heterocycles. The van der Waals surface area contributed by atoms with Crippen LogP contribution in [-0.2, 0) is 16.0 Å². The van der Waals surface area contributed by atoms with Crippen LogP contribution in [0.1, 0.15) is 19.4 Å². The highest BCUT2D eigenvalue weighted by Crippen LogP contribution is 2.18. The van der Waals surface area contributed by atoms with Crippen LogP contribution in [0.4, 0.5) is 0 Å². The van der Waals surface area contributed by atoms with E-state index in [-0.39, 0.29) is 6.04 Å². The van der Waals surface area contributed by atoms with Gasteiger partial charge < -0.3 is 14.8 Å². The molecule has 0 aliphatic carbocycles. The molecule has 0 saturated carbocycles. The van der Waals surface area contributed by atoms with Crippen LogP contribution in [0.3, 0.4) is 0 Å². The molecule has 3 rings (SSSR count). The van der Waals surface area contributed by atoms with E-state index in [9.17, 15) is 0 Å². The van der Waals surface area contributed by atoms with Gasteiger partial charge in [-0.3, -0.25) is 4.98 Å². The molecule has 106 valence electrons. The Balaban J connectivity index is 1.66. The number of benzene rings is 1. The van der Waals surface area contributed by atoms with E-state index >= 15 is 0 Å². The first-order valence-corrected chi connectivity index (χ1v) is 6.98. The van der Waals surface area contributed by atoms with E-state index in [1.807, 2.05) is 26.1 Å². The molecule has 0 atom stereocenters. The molecule has 0 unspecified atom stereocenters. The minimum absolute atomic E-state index is 0.224. The summed E-state index contributed by atoms with van der Waals surface area (Å²) in [5, 5.41) is 4.65. The molecule has 1 aliphatic heterocycles. The fraction of sp³-hybridized carbons (Fsp3) is 0.438. The zero-order valence-electron chi connectivity index (χ0n) is 11.9. The third-order valence-corrected chi connectivity index (χ3v) is 3.56. The van der Waals surface area contributed by atoms with Crippen molar-refractivity contribution in [1.82, 2.24) is 10.3 Å². The first-order valence-electron chi connectivity index (χ1n) is 6.98. The number of para-hydroxylation sites is 1. The summed E-state index contributed by atoms with van der Waals surface area (Å²) < 4.78 is 11.3. The maximum Gasteiger partial charge on any atom is 0.162 e. The molecule has 1 aromatic carbocycles. The average Bonchev–Trinajstić information content (AvgIpc) is 2.46. The van der Waals surface area contributed by atoms with E-state index in [1.165, 1.54) is 10.9 Å². The van der Waals surface area contributed by atoms with E-state index in [2.05, 4.69) is 34.6 Å². The van der Waals surface area contributed by atoms with Crippen molar-refractivity contribution in [3.8, 4) is 0 Å². The zero-order chi connectivity index (χ0) is 14.0. The van der Waals surface area contributed by atoms with Gasteiger partial charge in [0.2, 0.25) is 0 Å². The van der Waals surface area contributed by atoms with E-state index in [0.29, 0.717) is 13.2 Å². The Hall–Kier alpha value is -1.49. The van der Waals surface area contributed by atoms with E-state index in [0.717, 1.165) is 12.1 Å². The van der Waals surface area contributed by atoms with Gasteiger partial charge in [0.15, 0.2) is 5.79 Å². The van der Waals surface area contributed by atoms with Gasteiger partial charge >= 0.3 is 0 Å². The summed E-state index contributed by atoms with van der Waals surface area (Å²) in [7, 11) is 0. The summed E-state index contributed by atoms with van der Waals surface area (Å²) in [5.74, 6) is -0.459. The predicted molar refractivity (Wildman–Crippen MR) is 78.4 cm³/mol. The van der Waals surface area contributed by atoms with Crippen LogP contribution in [-0.4, -0.2) is 30.0 Å². The molecule has 0 radical (unpaired) electrons. The van der Waals surface area contributed by atoms with Crippen molar-refractivity contribution < 1.29 is 9.47 Å². The number of nitrogens with zero attached hydrogens (tertiary/aromatic N) is 1. The fourth-order valence-electron chi connectivity index (χ4n) is 2.37. The Labute approximate surface area is 119 Å². The highest BCUT2D eigenvalue weighted by Gasteiger charge is 2.27. The van der Waals surface area contributed by atoms with E-state index in [1.54, 1.807) is 0 Å². The van der Waals surface area contributed by atoms with Crippen molar-refractivity contribution >= 4 is 10.9 Å². The van der Waals surface area contributed by atoms with Gasteiger partial charge in [-0.1, -0.05) is 24.3 Å². The molecule has 2 aromatic rings. The van der Waals surface area contributed by atoms with Crippen molar-refractivity contribution in [2.24, 2.45) is 0 Å². The number of nitrogens with one attached hydrogen (secondary N) is 1. The van der Waals surface area contributed by atoms with Gasteiger partial charge in [-0.15, -0.1) is 0 Å². The lowest BCUT2D eigenvalue weighted by Crippen LogP contribution is -2.48. The highest BCUT2D eigenvalue weighted by atomic mass is 16.7. The second-order valence-electron chi connectivity index (χ2n) is 5.59. The van der Waals surface area contributed by atoms with Crippen LogP contribution in [0.25, 0.3) is 10.9 Å². The van der Waals surface area contributed by atoms with Crippen molar-refractivity contribution in [1.29, 1.82) is 0 Å². The molecule has 0 spiro atoms. The SMILES string of the molecule is CC1(C)OCC(NCc2cccc3cccnc23)CO1. The van der Waals surface area contributed by atoms with Crippen molar-refractivity contribution in [3.05, 3.63) is 42.1 Å². The van der Waals surface area contributed by atoms with Crippen molar-refractivity contribution in [2.45, 2.75) is 32.2 Å². The second kappa shape index (κ2) is 5.48. The summed E-state index contributed by atoms with van der Waals surface area (Å²) >= 11 is 0. The smallest absolute Gasteiger partial charge is 0.162 e. The molecule has 1 N–H and O–H groups in total. The number of pyridine rings is 1. The molecule has 1 fully saturated rings. The molecule has 1 aromatic heterocycles. The largest absolute Gasteiger partial charge is 0.349 e. The van der Waals surface area contributed by atoms with Crippen LogP contribution < -0.4 is 5.32 Å². The van der Waals surface area contributed by atoms with E-state index < -0.39 is 5.79 Å². The molecule has 1 aliphatic rings. The maximum atomic E-state index is 5.65. The maximum absolute atomic E-state index is 5.65. The van der Waals surface area contributed by atoms with Crippen LogP contribution in [0.5, 0.6) is 0 Å².